The summed E-state index contributed by atoms with van der Waals surface area (Å²) < 4.78 is 5.00. The van der Waals surface area contributed by atoms with E-state index in [-0.39, 0.29) is 11.8 Å². The van der Waals surface area contributed by atoms with Crippen molar-refractivity contribution in [1.29, 1.82) is 0 Å². The number of benzene rings is 2. The third kappa shape index (κ3) is 6.55. The van der Waals surface area contributed by atoms with E-state index in [4.69, 9.17) is 4.74 Å². The smallest absolute Gasteiger partial charge is 0.253 e. The molecular formula is C22H27N3O3. The van der Waals surface area contributed by atoms with Crippen molar-refractivity contribution in [1.82, 2.24) is 5.32 Å². The summed E-state index contributed by atoms with van der Waals surface area (Å²) in [6.07, 6.45) is 3.95. The van der Waals surface area contributed by atoms with Gasteiger partial charge in [-0.2, -0.15) is 0 Å². The first kappa shape index (κ1) is 21.2. The fraction of sp³-hybridized carbons (Fsp3) is 0.273. The lowest BCUT2D eigenvalue weighted by atomic mass is 10.1. The molecule has 0 aromatic heterocycles. The number of ether oxygens (including phenoxy) is 1. The van der Waals surface area contributed by atoms with Crippen LogP contribution in [0, 0.1) is 0 Å². The number of nitrogens with one attached hydrogen (secondary N) is 2. The third-order valence-electron chi connectivity index (χ3n) is 4.03. The molecule has 6 nitrogen and oxygen atoms in total. The Morgan fingerprint density at radius 2 is 1.86 bits per heavy atom. The van der Waals surface area contributed by atoms with Crippen molar-refractivity contribution in [3.8, 4) is 0 Å². The Balaban J connectivity index is 2.09. The summed E-state index contributed by atoms with van der Waals surface area (Å²) in [4.78, 5) is 26.6. The summed E-state index contributed by atoms with van der Waals surface area (Å²) in [7, 11) is 5.38. The fourth-order valence-corrected chi connectivity index (χ4v) is 2.62. The molecule has 2 amide bonds. The van der Waals surface area contributed by atoms with E-state index in [9.17, 15) is 9.59 Å². The fourth-order valence-electron chi connectivity index (χ4n) is 2.62. The van der Waals surface area contributed by atoms with Crippen LogP contribution >= 0.6 is 0 Å². The Kier molecular flexibility index (Phi) is 8.24. The molecule has 0 fully saturated rings. The van der Waals surface area contributed by atoms with Crippen LogP contribution in [0.4, 0.5) is 11.4 Å². The topological polar surface area (TPSA) is 70.7 Å². The van der Waals surface area contributed by atoms with Crippen LogP contribution in [0.15, 0.2) is 54.6 Å². The van der Waals surface area contributed by atoms with Gasteiger partial charge in [0.05, 0.1) is 5.56 Å². The van der Waals surface area contributed by atoms with Crippen molar-refractivity contribution in [3.05, 3.63) is 65.7 Å². The molecule has 2 rings (SSSR count). The van der Waals surface area contributed by atoms with E-state index >= 15 is 0 Å². The van der Waals surface area contributed by atoms with Gasteiger partial charge in [-0.05, 0) is 36.3 Å². The van der Waals surface area contributed by atoms with Crippen LogP contribution in [-0.2, 0) is 9.53 Å². The quantitative estimate of drug-likeness (QED) is 0.517. The molecule has 2 aromatic rings. The number of rotatable bonds is 9. The molecule has 28 heavy (non-hydrogen) atoms. The number of anilines is 2. The first-order chi connectivity index (χ1) is 13.5. The monoisotopic (exact) mass is 381 g/mol. The van der Waals surface area contributed by atoms with Gasteiger partial charge in [0, 0.05) is 51.8 Å². The van der Waals surface area contributed by atoms with Crippen molar-refractivity contribution in [2.45, 2.75) is 6.42 Å². The molecule has 0 aliphatic rings. The molecule has 0 aliphatic heterocycles. The second-order valence-corrected chi connectivity index (χ2v) is 6.46. The number of carbonyl (C=O) groups is 2. The molecule has 0 atom stereocenters. The second kappa shape index (κ2) is 10.9. The molecular weight excluding hydrogens is 354 g/mol. The Hall–Kier alpha value is -3.12. The molecule has 0 bridgehead atoms. The van der Waals surface area contributed by atoms with Gasteiger partial charge >= 0.3 is 0 Å². The number of hydrogen-bond donors (Lipinski definition) is 2. The predicted molar refractivity (Wildman–Crippen MR) is 114 cm³/mol. The summed E-state index contributed by atoms with van der Waals surface area (Å²) in [5, 5.41) is 5.69. The standard InChI is InChI=1S/C22H27N3O3/c1-25(2)20-12-11-18(16-19(20)22(27)23-14-7-15-28-3)24-21(26)13-10-17-8-5-4-6-9-17/h4-6,8-13,16H,7,14-15H2,1-3H3,(H,23,27)(H,24,26)/b13-10+. The van der Waals surface area contributed by atoms with E-state index in [1.807, 2.05) is 55.4 Å². The van der Waals surface area contributed by atoms with Crippen molar-refractivity contribution in [2.24, 2.45) is 0 Å². The predicted octanol–water partition coefficient (Wildman–Crippen LogP) is 3.17. The van der Waals surface area contributed by atoms with E-state index in [0.717, 1.165) is 17.7 Å². The van der Waals surface area contributed by atoms with Crippen LogP contribution in [0.25, 0.3) is 6.08 Å². The maximum atomic E-state index is 12.6. The van der Waals surface area contributed by atoms with E-state index < -0.39 is 0 Å². The van der Waals surface area contributed by atoms with Crippen LogP contribution < -0.4 is 15.5 Å². The first-order valence-electron chi connectivity index (χ1n) is 9.14. The highest BCUT2D eigenvalue weighted by molar-refractivity contribution is 6.04. The summed E-state index contributed by atoms with van der Waals surface area (Å²) in [5.74, 6) is -0.441. The van der Waals surface area contributed by atoms with E-state index in [2.05, 4.69) is 10.6 Å². The van der Waals surface area contributed by atoms with E-state index in [1.165, 1.54) is 6.08 Å². The average molecular weight is 381 g/mol. The minimum atomic E-state index is -0.257. The highest BCUT2D eigenvalue weighted by Gasteiger charge is 2.14. The van der Waals surface area contributed by atoms with E-state index in [1.54, 1.807) is 25.3 Å². The lowest BCUT2D eigenvalue weighted by Crippen LogP contribution is -2.27. The normalized spacial score (nSPS) is 10.7. The molecule has 0 saturated carbocycles. The van der Waals surface area contributed by atoms with Crippen molar-refractivity contribution < 1.29 is 14.3 Å². The SMILES string of the molecule is COCCCNC(=O)c1cc(NC(=O)/C=C/c2ccccc2)ccc1N(C)C. The van der Waals surface area contributed by atoms with Gasteiger partial charge in [0.25, 0.3) is 5.91 Å². The molecule has 0 unspecified atom stereocenters. The summed E-state index contributed by atoms with van der Waals surface area (Å²) in [6.45, 7) is 1.11. The zero-order valence-electron chi connectivity index (χ0n) is 16.6. The number of nitrogens with zero attached hydrogens (tertiary/aromatic N) is 1. The molecule has 148 valence electrons. The maximum absolute atomic E-state index is 12.6. The molecule has 0 heterocycles. The highest BCUT2D eigenvalue weighted by atomic mass is 16.5. The molecule has 2 aromatic carbocycles. The van der Waals surface area contributed by atoms with Crippen molar-refractivity contribution in [3.63, 3.8) is 0 Å². The van der Waals surface area contributed by atoms with Crippen LogP contribution in [0.2, 0.25) is 0 Å². The van der Waals surface area contributed by atoms with Gasteiger partial charge in [-0.15, -0.1) is 0 Å². The van der Waals surface area contributed by atoms with Crippen molar-refractivity contribution in [2.75, 3.05) is 44.6 Å². The van der Waals surface area contributed by atoms with Crippen LogP contribution in [-0.4, -0.2) is 46.2 Å². The largest absolute Gasteiger partial charge is 0.385 e. The lowest BCUT2D eigenvalue weighted by molar-refractivity contribution is -0.111. The maximum Gasteiger partial charge on any atom is 0.253 e. The summed E-state index contributed by atoms with van der Waals surface area (Å²) >= 11 is 0. The van der Waals surface area contributed by atoms with Crippen LogP contribution in [0.1, 0.15) is 22.3 Å². The minimum Gasteiger partial charge on any atom is -0.385 e. The Labute approximate surface area is 166 Å². The van der Waals surface area contributed by atoms with Gasteiger partial charge in [0.1, 0.15) is 0 Å². The number of methoxy groups -OCH3 is 1. The zero-order chi connectivity index (χ0) is 20.4. The Morgan fingerprint density at radius 3 is 2.54 bits per heavy atom. The van der Waals surface area contributed by atoms with Gasteiger partial charge in [-0.3, -0.25) is 9.59 Å². The minimum absolute atomic E-state index is 0.185. The van der Waals surface area contributed by atoms with Gasteiger partial charge in [-0.1, -0.05) is 30.3 Å². The van der Waals surface area contributed by atoms with Gasteiger partial charge in [0.2, 0.25) is 5.91 Å². The van der Waals surface area contributed by atoms with Crippen molar-refractivity contribution >= 4 is 29.3 Å². The number of carbonyl (C=O) groups excluding carboxylic acids is 2. The molecule has 0 saturated heterocycles. The number of amides is 2. The average Bonchev–Trinajstić information content (AvgIpc) is 2.70. The lowest BCUT2D eigenvalue weighted by Gasteiger charge is -2.18. The molecule has 2 N–H and O–H groups in total. The molecule has 0 spiro atoms. The first-order valence-corrected chi connectivity index (χ1v) is 9.14. The van der Waals surface area contributed by atoms with Crippen LogP contribution in [0.3, 0.4) is 0 Å². The van der Waals surface area contributed by atoms with Gasteiger partial charge in [-0.25, -0.2) is 0 Å². The highest BCUT2D eigenvalue weighted by Crippen LogP contribution is 2.23. The number of hydrogen-bond acceptors (Lipinski definition) is 4. The zero-order valence-corrected chi connectivity index (χ0v) is 16.6. The molecule has 0 radical (unpaired) electrons. The van der Waals surface area contributed by atoms with Gasteiger partial charge < -0.3 is 20.3 Å². The summed E-state index contributed by atoms with van der Waals surface area (Å²) in [6, 6.07) is 14.9. The molecule has 6 heteroatoms. The second-order valence-electron chi connectivity index (χ2n) is 6.46. The van der Waals surface area contributed by atoms with E-state index in [0.29, 0.717) is 24.4 Å². The third-order valence-corrected chi connectivity index (χ3v) is 4.03. The summed E-state index contributed by atoms with van der Waals surface area (Å²) in [5.41, 5.74) is 2.79. The van der Waals surface area contributed by atoms with Crippen LogP contribution in [0.5, 0.6) is 0 Å². The van der Waals surface area contributed by atoms with Gasteiger partial charge in [0.15, 0.2) is 0 Å². The Bertz CT molecular complexity index is 817. The Morgan fingerprint density at radius 1 is 1.11 bits per heavy atom. The molecule has 0 aliphatic carbocycles.